The van der Waals surface area contributed by atoms with Crippen LogP contribution >= 0.6 is 0 Å². The predicted molar refractivity (Wildman–Crippen MR) is 81.0 cm³/mol. The minimum atomic E-state index is -0.389. The molecule has 21 heavy (non-hydrogen) atoms. The van der Waals surface area contributed by atoms with Gasteiger partial charge >= 0.3 is 5.97 Å². The van der Waals surface area contributed by atoms with Crippen molar-refractivity contribution in [2.24, 2.45) is 0 Å². The zero-order valence-corrected chi connectivity index (χ0v) is 12.9. The maximum Gasteiger partial charge on any atom is 0.355 e. The van der Waals surface area contributed by atoms with E-state index in [2.05, 4.69) is 5.10 Å². The van der Waals surface area contributed by atoms with Crippen LogP contribution in [0.3, 0.4) is 0 Å². The third-order valence-electron chi connectivity index (χ3n) is 3.18. The van der Waals surface area contributed by atoms with E-state index in [1.165, 1.54) is 0 Å². The minimum Gasteiger partial charge on any atom is -0.454 e. The predicted octanol–water partition coefficient (Wildman–Crippen LogP) is 2.79. The van der Waals surface area contributed by atoms with Crippen LogP contribution in [0.4, 0.5) is 5.69 Å². The Labute approximate surface area is 124 Å². The highest BCUT2D eigenvalue weighted by Gasteiger charge is 2.16. The van der Waals surface area contributed by atoms with E-state index in [0.29, 0.717) is 11.4 Å². The van der Waals surface area contributed by atoms with Crippen molar-refractivity contribution in [3.63, 3.8) is 0 Å². The molecule has 2 aromatic rings. The maximum atomic E-state index is 12.2. The second-order valence-corrected chi connectivity index (χ2v) is 5.62. The van der Waals surface area contributed by atoms with Crippen molar-refractivity contribution >= 4 is 11.7 Å². The first-order valence-corrected chi connectivity index (χ1v) is 7.07. The van der Waals surface area contributed by atoms with Crippen molar-refractivity contribution in [1.82, 2.24) is 14.3 Å². The van der Waals surface area contributed by atoms with Gasteiger partial charge in [0.25, 0.3) is 0 Å². The van der Waals surface area contributed by atoms with E-state index in [4.69, 9.17) is 10.5 Å². The zero-order chi connectivity index (χ0) is 15.6. The van der Waals surface area contributed by atoms with Gasteiger partial charge in [-0.1, -0.05) is 0 Å². The Bertz CT molecular complexity index is 625. The van der Waals surface area contributed by atoms with Gasteiger partial charge in [0.1, 0.15) is 12.3 Å². The number of hydrogen-bond donors (Lipinski definition) is 1. The standard InChI is InChI=1S/C15H22N4O2/c1-10(2)18-8-12(16)7-14(18)15(20)21-9-13-5-6-19(17-13)11(3)4/h5-8,10-11H,9,16H2,1-4H3. The van der Waals surface area contributed by atoms with E-state index in [1.807, 2.05) is 49.2 Å². The third kappa shape index (κ3) is 3.45. The number of rotatable bonds is 5. The van der Waals surface area contributed by atoms with Crippen LogP contribution < -0.4 is 5.73 Å². The number of anilines is 1. The van der Waals surface area contributed by atoms with E-state index in [1.54, 1.807) is 12.3 Å². The summed E-state index contributed by atoms with van der Waals surface area (Å²) < 4.78 is 8.96. The Balaban J connectivity index is 2.04. The highest BCUT2D eigenvalue weighted by molar-refractivity contribution is 5.89. The van der Waals surface area contributed by atoms with E-state index >= 15 is 0 Å². The van der Waals surface area contributed by atoms with Crippen LogP contribution in [0.1, 0.15) is 56.0 Å². The molecule has 2 aromatic heterocycles. The molecule has 0 unspecified atom stereocenters. The highest BCUT2D eigenvalue weighted by atomic mass is 16.5. The zero-order valence-electron chi connectivity index (χ0n) is 12.9. The summed E-state index contributed by atoms with van der Waals surface area (Å²) in [4.78, 5) is 12.2. The molecule has 0 saturated carbocycles. The molecular weight excluding hydrogens is 268 g/mol. The third-order valence-corrected chi connectivity index (χ3v) is 3.18. The molecule has 2 heterocycles. The van der Waals surface area contributed by atoms with Gasteiger partial charge in [0.15, 0.2) is 0 Å². The molecule has 0 amide bonds. The molecular formula is C15H22N4O2. The van der Waals surface area contributed by atoms with E-state index in [9.17, 15) is 4.79 Å². The van der Waals surface area contributed by atoms with Crippen molar-refractivity contribution in [2.45, 2.75) is 46.4 Å². The first-order chi connectivity index (χ1) is 9.88. The summed E-state index contributed by atoms with van der Waals surface area (Å²) >= 11 is 0. The smallest absolute Gasteiger partial charge is 0.355 e. The van der Waals surface area contributed by atoms with Gasteiger partial charge in [-0.3, -0.25) is 4.68 Å². The fourth-order valence-electron chi connectivity index (χ4n) is 2.05. The van der Waals surface area contributed by atoms with Gasteiger partial charge < -0.3 is 15.0 Å². The van der Waals surface area contributed by atoms with Gasteiger partial charge in [-0.05, 0) is 39.8 Å². The van der Waals surface area contributed by atoms with Crippen LogP contribution in [0.25, 0.3) is 0 Å². The summed E-state index contributed by atoms with van der Waals surface area (Å²) in [5.74, 6) is -0.389. The number of carbonyl (C=O) groups is 1. The van der Waals surface area contributed by atoms with Gasteiger partial charge in [0, 0.05) is 24.5 Å². The van der Waals surface area contributed by atoms with Gasteiger partial charge in [-0.15, -0.1) is 0 Å². The molecule has 0 atom stereocenters. The van der Waals surface area contributed by atoms with Gasteiger partial charge in [-0.2, -0.15) is 5.10 Å². The molecule has 0 aliphatic carbocycles. The summed E-state index contributed by atoms with van der Waals surface area (Å²) in [5.41, 5.74) is 7.50. The molecule has 0 fully saturated rings. The molecule has 6 nitrogen and oxygen atoms in total. The summed E-state index contributed by atoms with van der Waals surface area (Å²) in [6.45, 7) is 8.21. The monoisotopic (exact) mass is 290 g/mol. The second-order valence-electron chi connectivity index (χ2n) is 5.62. The highest BCUT2D eigenvalue weighted by Crippen LogP contribution is 2.18. The number of esters is 1. The molecule has 0 aromatic carbocycles. The normalized spacial score (nSPS) is 11.3. The fourth-order valence-corrected chi connectivity index (χ4v) is 2.05. The lowest BCUT2D eigenvalue weighted by molar-refractivity contribution is 0.0452. The average molecular weight is 290 g/mol. The van der Waals surface area contributed by atoms with Crippen molar-refractivity contribution in [1.29, 1.82) is 0 Å². The van der Waals surface area contributed by atoms with Gasteiger partial charge in [0.2, 0.25) is 0 Å². The summed E-state index contributed by atoms with van der Waals surface area (Å²) in [6.07, 6.45) is 3.62. The minimum absolute atomic E-state index is 0.144. The number of nitrogens with zero attached hydrogens (tertiary/aromatic N) is 3. The molecule has 0 bridgehead atoms. The van der Waals surface area contributed by atoms with E-state index < -0.39 is 0 Å². The lowest BCUT2D eigenvalue weighted by Crippen LogP contribution is -2.13. The Hall–Kier alpha value is -2.24. The van der Waals surface area contributed by atoms with Crippen LogP contribution in [0.5, 0.6) is 0 Å². The van der Waals surface area contributed by atoms with Crippen molar-refractivity contribution in [2.75, 3.05) is 5.73 Å². The topological polar surface area (TPSA) is 75.1 Å². The van der Waals surface area contributed by atoms with Crippen LogP contribution in [0, 0.1) is 0 Å². The van der Waals surface area contributed by atoms with Crippen molar-refractivity contribution in [3.8, 4) is 0 Å². The lowest BCUT2D eigenvalue weighted by atomic mass is 10.3. The Morgan fingerprint density at radius 1 is 1.33 bits per heavy atom. The van der Waals surface area contributed by atoms with E-state index in [0.717, 1.165) is 5.69 Å². The van der Waals surface area contributed by atoms with Gasteiger partial charge in [-0.25, -0.2) is 4.79 Å². The lowest BCUT2D eigenvalue weighted by Gasteiger charge is -2.11. The molecule has 0 saturated heterocycles. The summed E-state index contributed by atoms with van der Waals surface area (Å²) in [5, 5.41) is 4.35. The molecule has 0 radical (unpaired) electrons. The number of nitrogen functional groups attached to an aromatic ring is 1. The molecule has 0 aliphatic heterocycles. The number of carbonyl (C=O) groups excluding carboxylic acids is 1. The molecule has 0 spiro atoms. The number of nitrogens with two attached hydrogens (primary N) is 1. The van der Waals surface area contributed by atoms with Crippen LogP contribution in [-0.2, 0) is 11.3 Å². The Kier molecular flexibility index (Phi) is 4.35. The summed E-state index contributed by atoms with van der Waals surface area (Å²) in [7, 11) is 0. The van der Waals surface area contributed by atoms with E-state index in [-0.39, 0.29) is 24.7 Å². The molecule has 2 N–H and O–H groups in total. The quantitative estimate of drug-likeness (QED) is 0.859. The molecule has 114 valence electrons. The van der Waals surface area contributed by atoms with Crippen molar-refractivity contribution < 1.29 is 9.53 Å². The SMILES string of the molecule is CC(C)n1ccc(COC(=O)c2cc(N)cn2C(C)C)n1. The molecule has 0 aliphatic rings. The molecule has 6 heteroatoms. The number of ether oxygens (including phenoxy) is 1. The average Bonchev–Trinajstić information content (AvgIpc) is 3.02. The number of aromatic nitrogens is 3. The maximum absolute atomic E-state index is 12.2. The van der Waals surface area contributed by atoms with Crippen molar-refractivity contribution in [3.05, 3.63) is 35.9 Å². The Morgan fingerprint density at radius 2 is 2.05 bits per heavy atom. The fraction of sp³-hybridized carbons (Fsp3) is 0.467. The van der Waals surface area contributed by atoms with Crippen LogP contribution in [0.2, 0.25) is 0 Å². The first kappa shape index (κ1) is 15.2. The van der Waals surface area contributed by atoms with Crippen LogP contribution in [-0.4, -0.2) is 20.3 Å². The van der Waals surface area contributed by atoms with Gasteiger partial charge in [0.05, 0.1) is 11.4 Å². The Morgan fingerprint density at radius 3 is 2.62 bits per heavy atom. The molecule has 2 rings (SSSR count). The van der Waals surface area contributed by atoms with Crippen LogP contribution in [0.15, 0.2) is 24.5 Å². The largest absolute Gasteiger partial charge is 0.454 e. The second kappa shape index (κ2) is 6.03. The summed E-state index contributed by atoms with van der Waals surface area (Å²) in [6, 6.07) is 3.91. The number of hydrogen-bond acceptors (Lipinski definition) is 4. The first-order valence-electron chi connectivity index (χ1n) is 7.07.